The molecule has 2 heterocycles. The highest BCUT2D eigenvalue weighted by atomic mass is 16.3. The van der Waals surface area contributed by atoms with Crippen molar-refractivity contribution < 1.29 is 9.52 Å². The lowest BCUT2D eigenvalue weighted by Crippen LogP contribution is -2.34. The van der Waals surface area contributed by atoms with Crippen LogP contribution in [0.4, 0.5) is 0 Å². The Kier molecular flexibility index (Phi) is 4.08. The van der Waals surface area contributed by atoms with Crippen LogP contribution in [0.15, 0.2) is 34.7 Å². The molecule has 0 amide bonds. The van der Waals surface area contributed by atoms with E-state index >= 15 is 0 Å². The summed E-state index contributed by atoms with van der Waals surface area (Å²) >= 11 is 0. The maximum absolute atomic E-state index is 9.35. The quantitative estimate of drug-likeness (QED) is 0.927. The fraction of sp³-hybridized carbons (Fsp3) is 0.529. The molecule has 1 fully saturated rings. The van der Waals surface area contributed by atoms with E-state index in [1.165, 1.54) is 5.39 Å². The summed E-state index contributed by atoms with van der Waals surface area (Å²) in [6, 6.07) is 10.4. The van der Waals surface area contributed by atoms with Crippen LogP contribution < -0.4 is 0 Å². The Labute approximate surface area is 120 Å². The van der Waals surface area contributed by atoms with Crippen LogP contribution in [0.1, 0.15) is 37.9 Å². The van der Waals surface area contributed by atoms with E-state index in [9.17, 15) is 5.11 Å². The first kappa shape index (κ1) is 13.7. The number of fused-ring (bicyclic) bond motifs is 1. The second kappa shape index (κ2) is 5.98. The minimum absolute atomic E-state index is 0.192. The summed E-state index contributed by atoms with van der Waals surface area (Å²) < 4.78 is 5.98. The molecule has 0 radical (unpaired) electrons. The van der Waals surface area contributed by atoms with Crippen LogP contribution in [0.25, 0.3) is 11.0 Å². The van der Waals surface area contributed by atoms with E-state index in [0.717, 1.165) is 50.2 Å². The van der Waals surface area contributed by atoms with E-state index in [0.29, 0.717) is 5.92 Å². The zero-order valence-electron chi connectivity index (χ0n) is 12.1. The highest BCUT2D eigenvalue weighted by molar-refractivity contribution is 5.77. The smallest absolute Gasteiger partial charge is 0.134 e. The van der Waals surface area contributed by atoms with Gasteiger partial charge in [0.2, 0.25) is 0 Å². The predicted octanol–water partition coefficient (Wildman–Crippen LogP) is 3.38. The number of nitrogens with zero attached hydrogens (tertiary/aromatic N) is 1. The molecule has 3 nitrogen and oxygen atoms in total. The number of aliphatic hydroxyl groups is 1. The lowest BCUT2D eigenvalue weighted by atomic mass is 9.94. The van der Waals surface area contributed by atoms with Crippen molar-refractivity contribution in [1.82, 2.24) is 4.90 Å². The molecule has 1 aliphatic heterocycles. The summed E-state index contributed by atoms with van der Waals surface area (Å²) in [6.07, 6.45) is 2.98. The maximum atomic E-state index is 9.35. The van der Waals surface area contributed by atoms with Crippen LogP contribution in [0.2, 0.25) is 0 Å². The molecule has 2 aromatic rings. The molecule has 20 heavy (non-hydrogen) atoms. The topological polar surface area (TPSA) is 36.6 Å². The van der Waals surface area contributed by atoms with E-state index in [4.69, 9.17) is 4.42 Å². The molecule has 1 unspecified atom stereocenters. The predicted molar refractivity (Wildman–Crippen MR) is 80.9 cm³/mol. The number of furan rings is 1. The van der Waals surface area contributed by atoms with Gasteiger partial charge in [-0.3, -0.25) is 0 Å². The zero-order chi connectivity index (χ0) is 13.9. The van der Waals surface area contributed by atoms with Crippen LogP contribution in [-0.4, -0.2) is 35.7 Å². The van der Waals surface area contributed by atoms with Gasteiger partial charge in [0.05, 0.1) is 6.10 Å². The SMILES string of the molecule is CC(O)CCN1CCC(c2cc3ccccc3o2)CC1. The van der Waals surface area contributed by atoms with Gasteiger partial charge in [0, 0.05) is 17.8 Å². The van der Waals surface area contributed by atoms with Crippen molar-refractivity contribution in [3.05, 3.63) is 36.1 Å². The average molecular weight is 273 g/mol. The van der Waals surface area contributed by atoms with Gasteiger partial charge in [0.1, 0.15) is 11.3 Å². The Morgan fingerprint density at radius 1 is 1.30 bits per heavy atom. The Bertz CT molecular complexity index is 520. The molecular formula is C17H23NO2. The number of para-hydroxylation sites is 1. The number of hydrogen-bond donors (Lipinski definition) is 1. The summed E-state index contributed by atoms with van der Waals surface area (Å²) in [6.45, 7) is 5.08. The van der Waals surface area contributed by atoms with Gasteiger partial charge in [0.15, 0.2) is 0 Å². The first-order chi connectivity index (χ1) is 9.72. The van der Waals surface area contributed by atoms with E-state index < -0.39 is 0 Å². The van der Waals surface area contributed by atoms with E-state index in [2.05, 4.69) is 23.1 Å². The van der Waals surface area contributed by atoms with Gasteiger partial charge in [-0.15, -0.1) is 0 Å². The number of rotatable bonds is 4. The molecule has 0 aliphatic carbocycles. The number of likely N-dealkylation sites (tertiary alicyclic amines) is 1. The Morgan fingerprint density at radius 2 is 2.05 bits per heavy atom. The largest absolute Gasteiger partial charge is 0.461 e. The minimum atomic E-state index is -0.192. The second-order valence-electron chi connectivity index (χ2n) is 5.94. The van der Waals surface area contributed by atoms with Crippen molar-refractivity contribution in [3.8, 4) is 0 Å². The van der Waals surface area contributed by atoms with Crippen molar-refractivity contribution >= 4 is 11.0 Å². The molecule has 0 saturated carbocycles. The highest BCUT2D eigenvalue weighted by Crippen LogP contribution is 2.32. The van der Waals surface area contributed by atoms with Gasteiger partial charge >= 0.3 is 0 Å². The first-order valence-corrected chi connectivity index (χ1v) is 7.61. The van der Waals surface area contributed by atoms with Crippen LogP contribution in [0.3, 0.4) is 0 Å². The summed E-state index contributed by atoms with van der Waals surface area (Å²) in [5.74, 6) is 1.69. The normalized spacial score (nSPS) is 19.5. The number of hydrogen-bond acceptors (Lipinski definition) is 3. The lowest BCUT2D eigenvalue weighted by Gasteiger charge is -2.31. The van der Waals surface area contributed by atoms with Gasteiger partial charge in [-0.05, 0) is 51.4 Å². The fourth-order valence-electron chi connectivity index (χ4n) is 3.01. The van der Waals surface area contributed by atoms with Crippen LogP contribution >= 0.6 is 0 Å². The van der Waals surface area contributed by atoms with Gasteiger partial charge in [-0.25, -0.2) is 0 Å². The lowest BCUT2D eigenvalue weighted by molar-refractivity contribution is 0.140. The molecular weight excluding hydrogens is 250 g/mol. The third-order valence-electron chi connectivity index (χ3n) is 4.30. The Morgan fingerprint density at radius 3 is 2.75 bits per heavy atom. The molecule has 1 aliphatic rings. The molecule has 108 valence electrons. The third-order valence-corrected chi connectivity index (χ3v) is 4.30. The molecule has 3 rings (SSSR count). The standard InChI is InChI=1S/C17H23NO2/c1-13(19)6-9-18-10-7-14(8-11-18)17-12-15-4-2-3-5-16(15)20-17/h2-5,12-14,19H,6-11H2,1H3. The van der Waals surface area contributed by atoms with Crippen molar-refractivity contribution in [1.29, 1.82) is 0 Å². The van der Waals surface area contributed by atoms with Gasteiger partial charge < -0.3 is 14.4 Å². The fourth-order valence-corrected chi connectivity index (χ4v) is 3.01. The zero-order valence-corrected chi connectivity index (χ0v) is 12.1. The van der Waals surface area contributed by atoms with Crippen LogP contribution in [0, 0.1) is 0 Å². The van der Waals surface area contributed by atoms with Gasteiger partial charge in [-0.1, -0.05) is 18.2 Å². The molecule has 1 atom stereocenters. The summed E-state index contributed by atoms with van der Waals surface area (Å²) in [7, 11) is 0. The molecule has 3 heteroatoms. The van der Waals surface area contributed by atoms with E-state index in [1.54, 1.807) is 0 Å². The van der Waals surface area contributed by atoms with Crippen molar-refractivity contribution in [2.75, 3.05) is 19.6 Å². The maximum Gasteiger partial charge on any atom is 0.134 e. The Balaban J connectivity index is 1.60. The summed E-state index contributed by atoms with van der Waals surface area (Å²) in [4.78, 5) is 2.45. The highest BCUT2D eigenvalue weighted by Gasteiger charge is 2.23. The molecule has 1 saturated heterocycles. The molecule has 0 bridgehead atoms. The van der Waals surface area contributed by atoms with Gasteiger partial charge in [0.25, 0.3) is 0 Å². The van der Waals surface area contributed by atoms with Gasteiger partial charge in [-0.2, -0.15) is 0 Å². The monoisotopic (exact) mass is 273 g/mol. The number of benzene rings is 1. The second-order valence-corrected chi connectivity index (χ2v) is 5.94. The number of aliphatic hydroxyl groups excluding tert-OH is 1. The molecule has 1 aromatic carbocycles. The van der Waals surface area contributed by atoms with Crippen molar-refractivity contribution in [3.63, 3.8) is 0 Å². The van der Waals surface area contributed by atoms with Crippen LogP contribution in [0.5, 0.6) is 0 Å². The number of piperidine rings is 1. The summed E-state index contributed by atoms with van der Waals surface area (Å²) in [5.41, 5.74) is 0.999. The Hall–Kier alpha value is -1.32. The summed E-state index contributed by atoms with van der Waals surface area (Å²) in [5, 5.41) is 10.6. The van der Waals surface area contributed by atoms with Crippen LogP contribution in [-0.2, 0) is 0 Å². The average Bonchev–Trinajstić information content (AvgIpc) is 2.89. The van der Waals surface area contributed by atoms with Crippen molar-refractivity contribution in [2.24, 2.45) is 0 Å². The first-order valence-electron chi connectivity index (χ1n) is 7.61. The van der Waals surface area contributed by atoms with E-state index in [1.807, 2.05) is 19.1 Å². The molecule has 1 aromatic heterocycles. The third kappa shape index (κ3) is 3.05. The molecule has 1 N–H and O–H groups in total. The van der Waals surface area contributed by atoms with Crippen molar-refractivity contribution in [2.45, 2.75) is 38.2 Å². The minimum Gasteiger partial charge on any atom is -0.461 e. The van der Waals surface area contributed by atoms with E-state index in [-0.39, 0.29) is 6.10 Å². The molecule has 0 spiro atoms.